The van der Waals surface area contributed by atoms with Crippen LogP contribution in [-0.4, -0.2) is 39.2 Å². The number of allylic oxidation sites excluding steroid dienone is 3. The smallest absolute Gasteiger partial charge is 0.308 e. The first-order valence-electron chi connectivity index (χ1n) is 14.3. The molecule has 1 saturated heterocycles. The number of hydrogen-bond donors (Lipinski definition) is 0. The quantitative estimate of drug-likeness (QED) is 0.237. The van der Waals surface area contributed by atoms with Gasteiger partial charge in [-0.3, -0.25) is 4.79 Å². The van der Waals surface area contributed by atoms with Crippen molar-refractivity contribution in [1.82, 2.24) is 0 Å². The molecular weight excluding hydrogens is 452 g/mol. The van der Waals surface area contributed by atoms with Gasteiger partial charge in [0, 0.05) is 18.6 Å². The van der Waals surface area contributed by atoms with Crippen molar-refractivity contribution in [3.05, 3.63) is 23.8 Å². The van der Waals surface area contributed by atoms with E-state index >= 15 is 0 Å². The number of fused-ring (bicyclic) bond motifs is 1. The first-order chi connectivity index (χ1) is 16.4. The summed E-state index contributed by atoms with van der Waals surface area (Å²) in [4.78, 5) is 12.8. The van der Waals surface area contributed by atoms with Gasteiger partial charge in [-0.25, -0.2) is 0 Å². The lowest BCUT2D eigenvalue weighted by Gasteiger charge is -2.43. The molecule has 5 heteroatoms. The number of carbonyl (C=O) groups is 1. The summed E-state index contributed by atoms with van der Waals surface area (Å²) in [7, 11) is -1.77. The van der Waals surface area contributed by atoms with Gasteiger partial charge in [0.2, 0.25) is 0 Å². The molecule has 0 saturated carbocycles. The molecule has 1 aliphatic heterocycles. The lowest BCUT2D eigenvalue weighted by atomic mass is 9.66. The van der Waals surface area contributed by atoms with Crippen LogP contribution in [0.2, 0.25) is 18.1 Å². The van der Waals surface area contributed by atoms with Gasteiger partial charge < -0.3 is 13.9 Å². The van der Waals surface area contributed by atoms with Gasteiger partial charge in [-0.15, -0.1) is 0 Å². The molecule has 0 aromatic carbocycles. The molecule has 7 atom stereocenters. The molecular formula is C30H52O4Si. The minimum Gasteiger partial charge on any atom is -0.461 e. The fourth-order valence-corrected chi connectivity index (χ4v) is 7.30. The molecule has 0 aromatic rings. The van der Waals surface area contributed by atoms with Crippen LogP contribution in [0.15, 0.2) is 23.8 Å². The SMILES string of the molecule is CCC[C@H](C)C(=O)O[C@H]1CCC=C2C=C[C@H](C)[C@H](CC[C@@H]3C[C@H](O[Si](C)(C)C(C)(C)C)CCO3)[C@H]21. The summed E-state index contributed by atoms with van der Waals surface area (Å²) in [5.41, 5.74) is 1.38. The maximum Gasteiger partial charge on any atom is 0.308 e. The topological polar surface area (TPSA) is 44.8 Å². The third-order valence-electron chi connectivity index (χ3n) is 9.15. The Hall–Kier alpha value is -0.913. The second-order valence-electron chi connectivity index (χ2n) is 12.9. The van der Waals surface area contributed by atoms with Crippen LogP contribution in [0.5, 0.6) is 0 Å². The first-order valence-corrected chi connectivity index (χ1v) is 17.2. The number of ether oxygens (including phenoxy) is 2. The molecule has 0 radical (unpaired) electrons. The van der Waals surface area contributed by atoms with Crippen molar-refractivity contribution >= 4 is 14.3 Å². The zero-order valence-corrected chi connectivity index (χ0v) is 24.8. The second kappa shape index (κ2) is 12.1. The van der Waals surface area contributed by atoms with Gasteiger partial charge in [0.1, 0.15) is 6.10 Å². The van der Waals surface area contributed by atoms with Crippen molar-refractivity contribution in [2.24, 2.45) is 23.7 Å². The lowest BCUT2D eigenvalue weighted by molar-refractivity contribution is -0.158. The molecule has 2 aliphatic carbocycles. The van der Waals surface area contributed by atoms with E-state index in [0.29, 0.717) is 23.9 Å². The minimum absolute atomic E-state index is 0.00106. The highest BCUT2D eigenvalue weighted by molar-refractivity contribution is 6.74. The maximum atomic E-state index is 12.8. The van der Waals surface area contributed by atoms with Crippen molar-refractivity contribution in [2.45, 2.75) is 129 Å². The van der Waals surface area contributed by atoms with Gasteiger partial charge in [0.25, 0.3) is 0 Å². The fourth-order valence-electron chi connectivity index (χ4n) is 5.90. The Bertz CT molecular complexity index is 765. The third-order valence-corrected chi connectivity index (χ3v) is 13.7. The Kier molecular flexibility index (Phi) is 9.90. The molecule has 3 rings (SSSR count). The van der Waals surface area contributed by atoms with E-state index < -0.39 is 8.32 Å². The molecule has 0 aromatic heterocycles. The van der Waals surface area contributed by atoms with Crippen molar-refractivity contribution in [3.63, 3.8) is 0 Å². The van der Waals surface area contributed by atoms with Crippen LogP contribution < -0.4 is 0 Å². The Morgan fingerprint density at radius 1 is 1.23 bits per heavy atom. The Morgan fingerprint density at radius 3 is 2.66 bits per heavy atom. The Balaban J connectivity index is 1.63. The molecule has 1 fully saturated rings. The van der Waals surface area contributed by atoms with E-state index in [4.69, 9.17) is 13.9 Å². The number of hydrogen-bond acceptors (Lipinski definition) is 4. The van der Waals surface area contributed by atoms with E-state index in [9.17, 15) is 4.79 Å². The van der Waals surface area contributed by atoms with E-state index in [1.165, 1.54) is 5.57 Å². The average Bonchev–Trinajstić information content (AvgIpc) is 2.78. The average molecular weight is 505 g/mol. The standard InChI is InChI=1S/C30H52O4Si/c1-9-11-22(3)29(31)33-27-13-10-12-23-15-14-21(2)26(28(23)27)17-16-24-20-25(18-19-32-24)34-35(7,8)30(4,5)6/h12,14-15,21-22,24-28H,9-11,13,16-20H2,1-8H3/t21-,22-,24+,25+,26-,27-,28-/m0/s1. The van der Waals surface area contributed by atoms with Crippen LogP contribution in [0.3, 0.4) is 0 Å². The highest BCUT2D eigenvalue weighted by Crippen LogP contribution is 2.44. The summed E-state index contributed by atoms with van der Waals surface area (Å²) in [6, 6.07) is 0. The highest BCUT2D eigenvalue weighted by atomic mass is 28.4. The molecule has 0 unspecified atom stereocenters. The zero-order valence-electron chi connectivity index (χ0n) is 23.8. The largest absolute Gasteiger partial charge is 0.461 e. The van der Waals surface area contributed by atoms with Gasteiger partial charge in [0.05, 0.1) is 12.0 Å². The zero-order chi connectivity index (χ0) is 25.8. The van der Waals surface area contributed by atoms with E-state index in [-0.39, 0.29) is 29.1 Å². The second-order valence-corrected chi connectivity index (χ2v) is 17.7. The molecule has 200 valence electrons. The summed E-state index contributed by atoms with van der Waals surface area (Å²) < 4.78 is 19.2. The Labute approximate surface area is 216 Å². The molecule has 0 bridgehead atoms. The monoisotopic (exact) mass is 504 g/mol. The van der Waals surface area contributed by atoms with Crippen LogP contribution in [0.1, 0.15) is 92.9 Å². The van der Waals surface area contributed by atoms with Crippen LogP contribution in [0, 0.1) is 23.7 Å². The lowest BCUT2D eigenvalue weighted by Crippen LogP contribution is -2.46. The van der Waals surface area contributed by atoms with Crippen molar-refractivity contribution in [1.29, 1.82) is 0 Å². The van der Waals surface area contributed by atoms with E-state index in [1.807, 2.05) is 6.92 Å². The Morgan fingerprint density at radius 2 is 1.97 bits per heavy atom. The summed E-state index contributed by atoms with van der Waals surface area (Å²) in [5, 5.41) is 0.232. The van der Waals surface area contributed by atoms with Crippen molar-refractivity contribution in [2.75, 3.05) is 6.61 Å². The highest BCUT2D eigenvalue weighted by Gasteiger charge is 2.42. The minimum atomic E-state index is -1.77. The third kappa shape index (κ3) is 7.32. The van der Waals surface area contributed by atoms with Gasteiger partial charge in [0.15, 0.2) is 8.32 Å². The molecule has 3 aliphatic rings. The number of carbonyl (C=O) groups excluding carboxylic acids is 1. The predicted molar refractivity (Wildman–Crippen MR) is 147 cm³/mol. The van der Waals surface area contributed by atoms with Gasteiger partial charge in [-0.05, 0) is 80.5 Å². The van der Waals surface area contributed by atoms with Gasteiger partial charge in [-0.1, -0.05) is 66.2 Å². The molecule has 4 nitrogen and oxygen atoms in total. The van der Waals surface area contributed by atoms with E-state index in [0.717, 1.165) is 58.0 Å². The molecule has 0 N–H and O–H groups in total. The van der Waals surface area contributed by atoms with Gasteiger partial charge >= 0.3 is 5.97 Å². The van der Waals surface area contributed by atoms with Crippen LogP contribution in [0.4, 0.5) is 0 Å². The predicted octanol–water partition coefficient (Wildman–Crippen LogP) is 7.84. The van der Waals surface area contributed by atoms with Gasteiger partial charge in [-0.2, -0.15) is 0 Å². The van der Waals surface area contributed by atoms with Crippen molar-refractivity contribution < 1.29 is 18.7 Å². The van der Waals surface area contributed by atoms with Crippen LogP contribution in [-0.2, 0) is 18.7 Å². The number of rotatable bonds is 9. The molecule has 0 spiro atoms. The first kappa shape index (κ1) is 28.7. The van der Waals surface area contributed by atoms with Crippen molar-refractivity contribution in [3.8, 4) is 0 Å². The van der Waals surface area contributed by atoms with Crippen LogP contribution >= 0.6 is 0 Å². The van der Waals surface area contributed by atoms with E-state index in [2.05, 4.69) is 65.9 Å². The molecule has 1 heterocycles. The summed E-state index contributed by atoms with van der Waals surface area (Å²) in [6.45, 7) is 18.9. The molecule has 35 heavy (non-hydrogen) atoms. The normalized spacial score (nSPS) is 32.5. The summed E-state index contributed by atoms with van der Waals surface area (Å²) in [5.74, 6) is 1.24. The van der Waals surface area contributed by atoms with E-state index in [1.54, 1.807) is 0 Å². The van der Waals surface area contributed by atoms with Crippen LogP contribution in [0.25, 0.3) is 0 Å². The molecule has 0 amide bonds. The fraction of sp³-hybridized carbons (Fsp3) is 0.833. The summed E-state index contributed by atoms with van der Waals surface area (Å²) in [6.07, 6.45) is 15.6. The maximum absolute atomic E-state index is 12.8. The number of esters is 1. The summed E-state index contributed by atoms with van der Waals surface area (Å²) >= 11 is 0.